The van der Waals surface area contributed by atoms with Crippen LogP contribution in [0.3, 0.4) is 0 Å². The molecule has 0 radical (unpaired) electrons. The van der Waals surface area contributed by atoms with Crippen molar-refractivity contribution in [2.75, 3.05) is 0 Å². The van der Waals surface area contributed by atoms with Crippen LogP contribution in [-0.2, 0) is 0 Å². The van der Waals surface area contributed by atoms with Crippen molar-refractivity contribution < 1.29 is 9.90 Å². The number of H-pyrrole nitrogens is 1. The van der Waals surface area contributed by atoms with Gasteiger partial charge in [-0.05, 0) is 18.2 Å². The second-order valence-corrected chi connectivity index (χ2v) is 5.03. The Morgan fingerprint density at radius 3 is 2.74 bits per heavy atom. The molecule has 0 amide bonds. The van der Waals surface area contributed by atoms with Gasteiger partial charge in [-0.25, -0.2) is 4.79 Å². The summed E-state index contributed by atoms with van der Waals surface area (Å²) in [6, 6.07) is 12.9. The van der Waals surface area contributed by atoms with E-state index in [1.807, 2.05) is 30.3 Å². The lowest BCUT2D eigenvalue weighted by molar-refractivity contribution is 0.0699. The molecule has 0 spiro atoms. The monoisotopic (exact) mass is 316 g/mol. The Hall–Kier alpha value is -2.14. The summed E-state index contributed by atoms with van der Waals surface area (Å²) in [5, 5.41) is 17.0. The van der Waals surface area contributed by atoms with Gasteiger partial charge in [0, 0.05) is 15.4 Å². The fraction of sp³-hybridized carbons (Fsp3) is 0. The summed E-state index contributed by atoms with van der Waals surface area (Å²) in [4.78, 5) is 11.2. The van der Waals surface area contributed by atoms with E-state index in [2.05, 4.69) is 26.1 Å². The molecular formula is C14H9BrN2O2. The van der Waals surface area contributed by atoms with Crippen molar-refractivity contribution in [3.63, 3.8) is 0 Å². The van der Waals surface area contributed by atoms with Crippen molar-refractivity contribution in [1.82, 2.24) is 10.2 Å². The normalized spacial score (nSPS) is 10.8. The number of fused-ring (bicyclic) bond motifs is 1. The molecule has 94 valence electrons. The Labute approximate surface area is 117 Å². The fourth-order valence-electron chi connectivity index (χ4n) is 2.08. The largest absolute Gasteiger partial charge is 0.478 e. The van der Waals surface area contributed by atoms with Crippen molar-refractivity contribution in [2.45, 2.75) is 0 Å². The summed E-state index contributed by atoms with van der Waals surface area (Å²) in [6.07, 6.45) is 0. The fourth-order valence-corrected chi connectivity index (χ4v) is 2.48. The maximum absolute atomic E-state index is 11.2. The molecule has 0 aliphatic carbocycles. The highest BCUT2D eigenvalue weighted by atomic mass is 79.9. The molecule has 0 bridgehead atoms. The Balaban J connectivity index is 2.27. The molecule has 1 heterocycles. The second-order valence-electron chi connectivity index (χ2n) is 4.12. The van der Waals surface area contributed by atoms with E-state index < -0.39 is 5.97 Å². The van der Waals surface area contributed by atoms with E-state index in [1.165, 1.54) is 0 Å². The van der Waals surface area contributed by atoms with Crippen LogP contribution in [0.4, 0.5) is 0 Å². The molecule has 0 unspecified atom stereocenters. The smallest absolute Gasteiger partial charge is 0.337 e. The maximum atomic E-state index is 11.2. The molecule has 0 fully saturated rings. The first-order chi connectivity index (χ1) is 9.16. The quantitative estimate of drug-likeness (QED) is 0.757. The number of halogens is 1. The summed E-state index contributed by atoms with van der Waals surface area (Å²) in [5.41, 5.74) is 2.46. The van der Waals surface area contributed by atoms with E-state index in [-0.39, 0.29) is 5.56 Å². The minimum atomic E-state index is -0.963. The number of hydrogen-bond acceptors (Lipinski definition) is 2. The Kier molecular flexibility index (Phi) is 2.83. The van der Waals surface area contributed by atoms with Crippen molar-refractivity contribution in [3.05, 3.63) is 52.5 Å². The summed E-state index contributed by atoms with van der Waals surface area (Å²) < 4.78 is 0.954. The predicted octanol–water partition coefficient (Wildman–Crippen LogP) is 3.69. The van der Waals surface area contributed by atoms with Crippen molar-refractivity contribution in [2.24, 2.45) is 0 Å². The van der Waals surface area contributed by atoms with Crippen LogP contribution in [-0.4, -0.2) is 21.3 Å². The molecule has 0 aliphatic heterocycles. The highest BCUT2D eigenvalue weighted by Gasteiger charge is 2.14. The first kappa shape index (κ1) is 11.9. The Morgan fingerprint density at radius 2 is 2.00 bits per heavy atom. The molecule has 4 nitrogen and oxygen atoms in total. The lowest BCUT2D eigenvalue weighted by Crippen LogP contribution is -1.96. The van der Waals surface area contributed by atoms with Gasteiger partial charge in [0.05, 0.1) is 16.8 Å². The second kappa shape index (κ2) is 4.51. The van der Waals surface area contributed by atoms with Crippen LogP contribution in [0.15, 0.2) is 46.9 Å². The first-order valence-electron chi connectivity index (χ1n) is 5.63. The van der Waals surface area contributed by atoms with E-state index in [9.17, 15) is 4.79 Å². The zero-order valence-corrected chi connectivity index (χ0v) is 11.3. The highest BCUT2D eigenvalue weighted by Crippen LogP contribution is 2.29. The van der Waals surface area contributed by atoms with Gasteiger partial charge in [0.1, 0.15) is 0 Å². The number of carboxylic acids is 1. The van der Waals surface area contributed by atoms with E-state index in [4.69, 9.17) is 5.11 Å². The van der Waals surface area contributed by atoms with Gasteiger partial charge < -0.3 is 5.11 Å². The molecule has 19 heavy (non-hydrogen) atoms. The molecule has 3 rings (SSSR count). The first-order valence-corrected chi connectivity index (χ1v) is 6.42. The SMILES string of the molecule is O=C(O)c1cccc2c(-c3cccc(Br)c3)n[nH]c12. The topological polar surface area (TPSA) is 66.0 Å². The van der Waals surface area contributed by atoms with E-state index in [0.29, 0.717) is 5.52 Å². The third-order valence-electron chi connectivity index (χ3n) is 2.93. The number of nitrogens with zero attached hydrogens (tertiary/aromatic N) is 1. The van der Waals surface area contributed by atoms with Crippen LogP contribution >= 0.6 is 15.9 Å². The molecule has 0 aliphatic rings. The van der Waals surface area contributed by atoms with Gasteiger partial charge in [-0.3, -0.25) is 5.10 Å². The van der Waals surface area contributed by atoms with Gasteiger partial charge in [-0.2, -0.15) is 5.10 Å². The van der Waals surface area contributed by atoms with Gasteiger partial charge >= 0.3 is 5.97 Å². The minimum Gasteiger partial charge on any atom is -0.478 e. The molecule has 1 aromatic heterocycles. The molecule has 0 saturated carbocycles. The number of para-hydroxylation sites is 1. The van der Waals surface area contributed by atoms with Gasteiger partial charge in [-0.1, -0.05) is 40.2 Å². The number of benzene rings is 2. The van der Waals surface area contributed by atoms with E-state index in [1.54, 1.807) is 12.1 Å². The zero-order chi connectivity index (χ0) is 13.4. The van der Waals surface area contributed by atoms with Crippen LogP contribution in [0.25, 0.3) is 22.2 Å². The lowest BCUT2D eigenvalue weighted by atomic mass is 10.1. The number of rotatable bonds is 2. The number of aromatic carboxylic acids is 1. The van der Waals surface area contributed by atoms with Crippen molar-refractivity contribution >= 4 is 32.8 Å². The average Bonchev–Trinajstić information content (AvgIpc) is 2.82. The summed E-state index contributed by atoms with van der Waals surface area (Å²) in [7, 11) is 0. The third-order valence-corrected chi connectivity index (χ3v) is 3.42. The summed E-state index contributed by atoms with van der Waals surface area (Å²) in [5.74, 6) is -0.963. The minimum absolute atomic E-state index is 0.228. The molecule has 2 aromatic carbocycles. The van der Waals surface area contributed by atoms with Crippen molar-refractivity contribution in [1.29, 1.82) is 0 Å². The maximum Gasteiger partial charge on any atom is 0.337 e. The molecule has 3 aromatic rings. The number of aromatic amines is 1. The van der Waals surface area contributed by atoms with Gasteiger partial charge in [0.25, 0.3) is 0 Å². The van der Waals surface area contributed by atoms with Crippen LogP contribution in [0.2, 0.25) is 0 Å². The molecular weight excluding hydrogens is 308 g/mol. The van der Waals surface area contributed by atoms with Crippen LogP contribution in [0, 0.1) is 0 Å². The molecule has 2 N–H and O–H groups in total. The highest BCUT2D eigenvalue weighted by molar-refractivity contribution is 9.10. The Morgan fingerprint density at radius 1 is 1.21 bits per heavy atom. The van der Waals surface area contributed by atoms with Crippen LogP contribution in [0.1, 0.15) is 10.4 Å². The number of carboxylic acid groups (broad SMARTS) is 1. The average molecular weight is 317 g/mol. The van der Waals surface area contributed by atoms with E-state index >= 15 is 0 Å². The van der Waals surface area contributed by atoms with Gasteiger partial charge in [0.15, 0.2) is 0 Å². The molecule has 0 saturated heterocycles. The molecule has 5 heteroatoms. The van der Waals surface area contributed by atoms with Gasteiger partial charge in [0.2, 0.25) is 0 Å². The number of nitrogens with one attached hydrogen (secondary N) is 1. The zero-order valence-electron chi connectivity index (χ0n) is 9.72. The van der Waals surface area contributed by atoms with E-state index in [0.717, 1.165) is 21.1 Å². The number of aromatic nitrogens is 2. The third kappa shape index (κ3) is 2.02. The van der Waals surface area contributed by atoms with Crippen LogP contribution in [0.5, 0.6) is 0 Å². The predicted molar refractivity (Wildman–Crippen MR) is 76.2 cm³/mol. The van der Waals surface area contributed by atoms with Crippen molar-refractivity contribution in [3.8, 4) is 11.3 Å². The Bertz CT molecular complexity index is 780. The molecule has 0 atom stereocenters. The van der Waals surface area contributed by atoms with Crippen LogP contribution < -0.4 is 0 Å². The van der Waals surface area contributed by atoms with Gasteiger partial charge in [-0.15, -0.1) is 0 Å². The summed E-state index contributed by atoms with van der Waals surface area (Å²) in [6.45, 7) is 0. The number of carbonyl (C=O) groups is 1. The summed E-state index contributed by atoms with van der Waals surface area (Å²) >= 11 is 3.42. The number of hydrogen-bond donors (Lipinski definition) is 2. The lowest BCUT2D eigenvalue weighted by Gasteiger charge is -1.99. The standard InChI is InChI=1S/C14H9BrN2O2/c15-9-4-1-3-8(7-9)12-10-5-2-6-11(14(18)19)13(10)17-16-12/h1-7H,(H,16,17)(H,18,19).